The van der Waals surface area contributed by atoms with Gasteiger partial charge in [0.1, 0.15) is 0 Å². The van der Waals surface area contributed by atoms with Gasteiger partial charge in [-0.25, -0.2) is 0 Å². The molecule has 8 heteroatoms. The molecule has 0 bridgehead atoms. The second kappa shape index (κ2) is 12.5. The van der Waals surface area contributed by atoms with Gasteiger partial charge < -0.3 is 0 Å². The topological polar surface area (TPSA) is 90.7 Å². The first-order valence-electron chi connectivity index (χ1n) is 15.3. The van der Waals surface area contributed by atoms with Gasteiger partial charge in [-0.15, -0.1) is 0 Å². The number of aromatic nitrogens is 4. The number of ether oxygens (including phenoxy) is 1. The van der Waals surface area contributed by atoms with Gasteiger partial charge in [-0.05, 0) is 0 Å². The maximum atomic E-state index is 6.50. The van der Waals surface area contributed by atoms with Crippen LogP contribution in [0.3, 0.4) is 0 Å². The van der Waals surface area contributed by atoms with Crippen molar-refractivity contribution >= 4 is 48.0 Å². The van der Waals surface area contributed by atoms with E-state index in [1.165, 1.54) is 21.7 Å². The zero-order valence-corrected chi connectivity index (χ0v) is 27.1. The summed E-state index contributed by atoms with van der Waals surface area (Å²) in [7, 11) is 0. The van der Waals surface area contributed by atoms with Crippen molar-refractivity contribution in [3.05, 3.63) is 104 Å². The number of nitrogen functional groups attached to an aromatic ring is 1. The molecule has 1 aliphatic heterocycles. The second-order valence-electron chi connectivity index (χ2n) is 11.5. The molecule has 1 saturated carbocycles. The Labute approximate surface area is 265 Å². The van der Waals surface area contributed by atoms with Crippen molar-refractivity contribution in [2.24, 2.45) is 4.99 Å². The molecular formula is C36H37IN6O. The Balaban J connectivity index is 1.09. The molecule has 4 heterocycles. The van der Waals surface area contributed by atoms with Crippen LogP contribution in [-0.4, -0.2) is 44.1 Å². The Morgan fingerprint density at radius 2 is 1.84 bits per heavy atom. The van der Waals surface area contributed by atoms with Gasteiger partial charge >= 0.3 is 236 Å². The number of aliphatic imine (C=N–C) groups is 1. The van der Waals surface area contributed by atoms with Crippen LogP contribution in [0.15, 0.2) is 103 Å². The van der Waals surface area contributed by atoms with Crippen LogP contribution >= 0.6 is 19.8 Å². The summed E-state index contributed by atoms with van der Waals surface area (Å²) in [6.07, 6.45) is 14.2. The van der Waals surface area contributed by atoms with E-state index in [2.05, 4.69) is 63.4 Å². The van der Waals surface area contributed by atoms with Crippen LogP contribution < -0.4 is 5.73 Å². The Kier molecular flexibility index (Phi) is 8.16. The number of halogens is 1. The first-order valence-corrected chi connectivity index (χ1v) is 19.5. The van der Waals surface area contributed by atoms with Gasteiger partial charge in [0.05, 0.1) is 0 Å². The van der Waals surface area contributed by atoms with Crippen molar-refractivity contribution in [1.29, 1.82) is 0 Å². The number of nitrogens with two attached hydrogens (primary N) is 1. The fourth-order valence-electron chi connectivity index (χ4n) is 6.29. The molecule has 0 atom stereocenters. The number of benzene rings is 2. The zero-order valence-electron chi connectivity index (χ0n) is 24.9. The standard InChI is InChI=1S/C36H37IN6O/c1-3-4-18-39-24(2)44-30-14-16-37(17-15-30)29-21-28(22-29)36-42-33(34-35(38)40-19-20-43(34)36)27-11-10-26-12-13-31(41-32(26)23-27)25-8-6-5-7-9-25/h3-13,18-20,23,28-30H,1,14-17,21-22H2,2H3,(H2,38,40)/b18-4-,39-24?. The van der Waals surface area contributed by atoms with Crippen molar-refractivity contribution in [3.8, 4) is 22.5 Å². The van der Waals surface area contributed by atoms with E-state index in [1.807, 2.05) is 37.4 Å². The van der Waals surface area contributed by atoms with E-state index in [9.17, 15) is 0 Å². The minimum atomic E-state index is -1.02. The van der Waals surface area contributed by atoms with Crippen LogP contribution in [0.4, 0.5) is 5.82 Å². The number of hydrogen-bond donors (Lipinski definition) is 1. The fourth-order valence-corrected chi connectivity index (χ4v) is 14.2. The number of alkyl halides is 3. The van der Waals surface area contributed by atoms with E-state index in [1.54, 1.807) is 18.5 Å². The summed E-state index contributed by atoms with van der Waals surface area (Å²) in [5.74, 6) is 2.81. The molecule has 2 N–H and O–H groups in total. The zero-order chi connectivity index (χ0) is 30.0. The van der Waals surface area contributed by atoms with E-state index < -0.39 is 19.8 Å². The van der Waals surface area contributed by atoms with Crippen molar-refractivity contribution in [2.75, 3.05) is 14.6 Å². The summed E-state index contributed by atoms with van der Waals surface area (Å²) in [5.41, 5.74) is 12.3. The molecule has 7 rings (SSSR count). The van der Waals surface area contributed by atoms with Crippen LogP contribution in [0, 0.1) is 0 Å². The second-order valence-corrected chi connectivity index (χ2v) is 18.3. The van der Waals surface area contributed by atoms with Gasteiger partial charge in [0.25, 0.3) is 0 Å². The number of rotatable bonds is 7. The first kappa shape index (κ1) is 28.7. The monoisotopic (exact) mass is 696 g/mol. The minimum absolute atomic E-state index is 0.301. The van der Waals surface area contributed by atoms with Gasteiger partial charge in [-0.1, -0.05) is 30.3 Å². The van der Waals surface area contributed by atoms with Gasteiger partial charge in [0.2, 0.25) is 0 Å². The van der Waals surface area contributed by atoms with E-state index in [0.717, 1.165) is 67.4 Å². The molecule has 0 amide bonds. The SMILES string of the molecule is C=C/C=C\N=C(C)OC1CCI(C2CC(c3nc(-c4ccc5ccc(-c6ccccc6)nc5c4)c4c(N)nccn34)C2)CC1. The Bertz CT molecular complexity index is 1870. The van der Waals surface area contributed by atoms with Crippen LogP contribution in [0.5, 0.6) is 0 Å². The first-order chi connectivity index (χ1) is 21.6. The summed E-state index contributed by atoms with van der Waals surface area (Å²) >= 11 is -1.02. The molecule has 224 valence electrons. The molecule has 1 aliphatic carbocycles. The summed E-state index contributed by atoms with van der Waals surface area (Å²) in [6.45, 7) is 5.62. The summed E-state index contributed by atoms with van der Waals surface area (Å²) in [5, 5.41) is 1.10. The average molecular weight is 697 g/mol. The van der Waals surface area contributed by atoms with Gasteiger partial charge in [-0.2, -0.15) is 0 Å². The fraction of sp³-hybridized carbons (Fsp3) is 0.278. The predicted octanol–water partition coefficient (Wildman–Crippen LogP) is 8.24. The normalized spacial score (nSPS) is 20.3. The molecule has 0 radical (unpaired) electrons. The number of nitrogens with zero attached hydrogens (tertiary/aromatic N) is 5. The molecule has 44 heavy (non-hydrogen) atoms. The molecule has 3 aromatic heterocycles. The Morgan fingerprint density at radius 1 is 1.05 bits per heavy atom. The molecule has 7 nitrogen and oxygen atoms in total. The van der Waals surface area contributed by atoms with Crippen LogP contribution in [-0.2, 0) is 4.74 Å². The number of fused-ring (bicyclic) bond motifs is 2. The van der Waals surface area contributed by atoms with Gasteiger partial charge in [0.15, 0.2) is 0 Å². The maximum absolute atomic E-state index is 6.50. The summed E-state index contributed by atoms with van der Waals surface area (Å²) in [4.78, 5) is 19.1. The number of allylic oxidation sites excluding steroid dienone is 2. The van der Waals surface area contributed by atoms with E-state index in [4.69, 9.17) is 20.4 Å². The van der Waals surface area contributed by atoms with Crippen LogP contribution in [0.2, 0.25) is 0 Å². The van der Waals surface area contributed by atoms with E-state index >= 15 is 0 Å². The quantitative estimate of drug-likeness (QED) is 0.0609. The number of pyridine rings is 1. The van der Waals surface area contributed by atoms with Crippen LogP contribution in [0.25, 0.3) is 38.9 Å². The molecule has 5 aromatic rings. The van der Waals surface area contributed by atoms with Gasteiger partial charge in [0, 0.05) is 0 Å². The molecule has 0 unspecified atom stereocenters. The third kappa shape index (κ3) is 5.75. The summed E-state index contributed by atoms with van der Waals surface area (Å²) in [6, 6.07) is 20.9. The molecule has 0 spiro atoms. The van der Waals surface area contributed by atoms with Gasteiger partial charge in [-0.3, -0.25) is 0 Å². The molecule has 2 aliphatic rings. The summed E-state index contributed by atoms with van der Waals surface area (Å²) < 4.78 is 11.9. The Morgan fingerprint density at radius 3 is 2.64 bits per heavy atom. The van der Waals surface area contributed by atoms with E-state index in [0.29, 0.717) is 17.8 Å². The molecular weight excluding hydrogens is 659 g/mol. The number of hydrogen-bond acceptors (Lipinski definition) is 6. The van der Waals surface area contributed by atoms with Crippen molar-refractivity contribution in [1.82, 2.24) is 19.4 Å². The molecule has 2 aromatic carbocycles. The third-order valence-electron chi connectivity index (χ3n) is 8.69. The third-order valence-corrected chi connectivity index (χ3v) is 16.2. The Hall–Kier alpha value is -4.05. The van der Waals surface area contributed by atoms with Crippen LogP contribution in [0.1, 0.15) is 44.3 Å². The predicted molar refractivity (Wildman–Crippen MR) is 190 cm³/mol. The number of imidazole rings is 1. The van der Waals surface area contributed by atoms with E-state index in [-0.39, 0.29) is 0 Å². The molecule has 1 saturated heterocycles. The number of anilines is 1. The van der Waals surface area contributed by atoms with Crippen molar-refractivity contribution in [3.63, 3.8) is 0 Å². The van der Waals surface area contributed by atoms with Crippen molar-refractivity contribution in [2.45, 2.75) is 48.6 Å². The van der Waals surface area contributed by atoms with Crippen molar-refractivity contribution < 1.29 is 4.74 Å². The molecule has 2 fully saturated rings. The average Bonchev–Trinajstić information content (AvgIpc) is 3.41.